The molecular formula is C31H39N3O5S. The van der Waals surface area contributed by atoms with Crippen LogP contribution in [-0.4, -0.2) is 85.1 Å². The lowest BCUT2D eigenvalue weighted by atomic mass is 9.74. The Labute approximate surface area is 237 Å². The second-order valence-electron chi connectivity index (χ2n) is 11.0. The monoisotopic (exact) mass is 565 g/mol. The van der Waals surface area contributed by atoms with E-state index in [-0.39, 0.29) is 28.7 Å². The number of aliphatic hydroxyl groups is 1. The Morgan fingerprint density at radius 2 is 1.75 bits per heavy atom. The number of methoxy groups -OCH3 is 1. The molecule has 2 saturated heterocycles. The Kier molecular flexibility index (Phi) is 8.31. The first-order valence-corrected chi connectivity index (χ1v) is 15.3. The van der Waals surface area contributed by atoms with Crippen molar-refractivity contribution >= 4 is 15.8 Å². The molecule has 2 aliphatic heterocycles. The Hall–Kier alpha value is -2.82. The van der Waals surface area contributed by atoms with Crippen LogP contribution in [0, 0.1) is 13.8 Å². The van der Waals surface area contributed by atoms with E-state index in [4.69, 9.17) is 4.74 Å². The van der Waals surface area contributed by atoms with E-state index < -0.39 is 22.4 Å². The number of aliphatic hydroxyl groups excluding tert-OH is 1. The Morgan fingerprint density at radius 3 is 2.45 bits per heavy atom. The lowest BCUT2D eigenvalue weighted by molar-refractivity contribution is -0.0635. The average molecular weight is 566 g/mol. The van der Waals surface area contributed by atoms with Crippen LogP contribution in [0.5, 0.6) is 0 Å². The van der Waals surface area contributed by atoms with Gasteiger partial charge in [0.1, 0.15) is 6.61 Å². The second kappa shape index (κ2) is 11.6. The summed E-state index contributed by atoms with van der Waals surface area (Å²) in [5.41, 5.74) is 6.29. The molecule has 8 nitrogen and oxygen atoms in total. The minimum absolute atomic E-state index is 0.0144. The zero-order chi connectivity index (χ0) is 28.6. The van der Waals surface area contributed by atoms with Crippen LogP contribution in [0.25, 0.3) is 11.1 Å². The Bertz CT molecular complexity index is 1480. The zero-order valence-corrected chi connectivity index (χ0v) is 24.5. The number of benzene rings is 2. The van der Waals surface area contributed by atoms with Gasteiger partial charge in [-0.15, -0.1) is 0 Å². The van der Waals surface area contributed by atoms with Crippen molar-refractivity contribution in [2.75, 3.05) is 40.0 Å². The third kappa shape index (κ3) is 5.05. The number of Topliss-reactive ketones (excluding diaryl/α,β-unsaturated/α-hetero) is 1. The van der Waals surface area contributed by atoms with Gasteiger partial charge in [-0.1, -0.05) is 42.5 Å². The third-order valence-electron chi connectivity index (χ3n) is 8.80. The van der Waals surface area contributed by atoms with E-state index >= 15 is 0 Å². The summed E-state index contributed by atoms with van der Waals surface area (Å²) in [6, 6.07) is 18.2. The summed E-state index contributed by atoms with van der Waals surface area (Å²) in [6.45, 7) is 5.88. The highest BCUT2D eigenvalue weighted by Crippen LogP contribution is 2.43. The highest BCUT2D eigenvalue weighted by atomic mass is 32.2. The number of sulfonamides is 1. The number of nitrogens with zero attached hydrogens (tertiary/aromatic N) is 3. The molecule has 5 rings (SSSR count). The summed E-state index contributed by atoms with van der Waals surface area (Å²) < 4.78 is 36.3. The van der Waals surface area contributed by atoms with Crippen LogP contribution in [0.3, 0.4) is 0 Å². The Balaban J connectivity index is 1.45. The lowest BCUT2D eigenvalue weighted by Crippen LogP contribution is -2.68. The fraction of sp³-hybridized carbons (Fsp3) is 0.452. The summed E-state index contributed by atoms with van der Waals surface area (Å²) in [5, 5.41) is 9.36. The van der Waals surface area contributed by atoms with Gasteiger partial charge in [-0.2, -0.15) is 4.31 Å². The van der Waals surface area contributed by atoms with Crippen LogP contribution in [0.4, 0.5) is 0 Å². The maximum absolute atomic E-state index is 13.9. The highest BCUT2D eigenvalue weighted by molar-refractivity contribution is 7.89. The van der Waals surface area contributed by atoms with Crippen LogP contribution in [-0.2, 0) is 21.8 Å². The molecule has 2 aliphatic rings. The summed E-state index contributed by atoms with van der Waals surface area (Å²) in [4.78, 5) is 14.5. The molecule has 0 radical (unpaired) electrons. The molecule has 1 N–H and O–H groups in total. The Morgan fingerprint density at radius 1 is 1.02 bits per heavy atom. The van der Waals surface area contributed by atoms with Crippen molar-refractivity contribution < 1.29 is 23.1 Å². The number of carbonyl (C=O) groups excluding carboxylic acids is 1. The molecule has 3 atom stereocenters. The van der Waals surface area contributed by atoms with E-state index in [2.05, 4.69) is 61.2 Å². The maximum Gasteiger partial charge on any atom is 0.258 e. The molecule has 3 heterocycles. The van der Waals surface area contributed by atoms with Gasteiger partial charge in [0.15, 0.2) is 5.03 Å². The predicted molar refractivity (Wildman–Crippen MR) is 155 cm³/mol. The van der Waals surface area contributed by atoms with Crippen molar-refractivity contribution in [2.45, 2.75) is 49.7 Å². The molecule has 1 unspecified atom stereocenters. The number of ketones is 1. The fourth-order valence-electron chi connectivity index (χ4n) is 6.47. The van der Waals surface area contributed by atoms with E-state index in [1.165, 1.54) is 44.5 Å². The first-order chi connectivity index (χ1) is 19.2. The molecule has 3 aromatic rings. The van der Waals surface area contributed by atoms with Crippen LogP contribution in [0.1, 0.15) is 45.9 Å². The standard InChI is InChI=1S/C31H39N3O5S/c1-21-8-7-9-25(22(21)2)23-10-12-24(13-11-23)31-27-18-33(16-5-6-17-34(27)28(31)20-39-4)40(37,38)30-15-14-26(32(30)3)29(36)19-35/h7-15,27-28,31,35H,5-6,16-20H2,1-4H3/t27?,28-,31+/m1/s1. The zero-order valence-electron chi connectivity index (χ0n) is 23.7. The van der Waals surface area contributed by atoms with Crippen molar-refractivity contribution in [1.82, 2.24) is 13.8 Å². The van der Waals surface area contributed by atoms with Gasteiger partial charge < -0.3 is 14.4 Å². The van der Waals surface area contributed by atoms with Gasteiger partial charge in [0.25, 0.3) is 10.0 Å². The second-order valence-corrected chi connectivity index (χ2v) is 12.9. The average Bonchev–Trinajstić information content (AvgIpc) is 3.33. The largest absolute Gasteiger partial charge is 0.388 e. The van der Waals surface area contributed by atoms with E-state index in [1.54, 1.807) is 18.5 Å². The first-order valence-electron chi connectivity index (χ1n) is 13.9. The van der Waals surface area contributed by atoms with Gasteiger partial charge in [-0.05, 0) is 73.2 Å². The van der Waals surface area contributed by atoms with Crippen LogP contribution in [0.2, 0.25) is 0 Å². The smallest absolute Gasteiger partial charge is 0.258 e. The van der Waals surface area contributed by atoms with Crippen LogP contribution in [0.15, 0.2) is 59.6 Å². The number of aryl methyl sites for hydroxylation is 1. The first kappa shape index (κ1) is 28.7. The van der Waals surface area contributed by atoms with Gasteiger partial charge in [0.05, 0.1) is 12.3 Å². The molecule has 0 saturated carbocycles. The fourth-order valence-corrected chi connectivity index (χ4v) is 8.14. The van der Waals surface area contributed by atoms with Crippen molar-refractivity contribution in [3.63, 3.8) is 0 Å². The van der Waals surface area contributed by atoms with Gasteiger partial charge >= 0.3 is 0 Å². The van der Waals surface area contributed by atoms with Crippen LogP contribution >= 0.6 is 0 Å². The molecule has 214 valence electrons. The normalized spacial score (nSPS) is 22.3. The number of aromatic nitrogens is 1. The molecule has 9 heteroatoms. The summed E-state index contributed by atoms with van der Waals surface area (Å²) in [7, 11) is -0.580. The van der Waals surface area contributed by atoms with Crippen molar-refractivity contribution in [2.24, 2.45) is 7.05 Å². The number of fused-ring (bicyclic) bond motifs is 1. The number of carbonyl (C=O) groups is 1. The number of hydrogen-bond donors (Lipinski definition) is 1. The minimum Gasteiger partial charge on any atom is -0.388 e. The van der Waals surface area contributed by atoms with E-state index in [0.717, 1.165) is 19.4 Å². The van der Waals surface area contributed by atoms with E-state index in [1.807, 2.05) is 0 Å². The van der Waals surface area contributed by atoms with Crippen molar-refractivity contribution in [1.29, 1.82) is 0 Å². The van der Waals surface area contributed by atoms with Crippen molar-refractivity contribution in [3.05, 3.63) is 77.0 Å². The summed E-state index contributed by atoms with van der Waals surface area (Å²) >= 11 is 0. The van der Waals surface area contributed by atoms with Crippen molar-refractivity contribution in [3.8, 4) is 11.1 Å². The maximum atomic E-state index is 13.9. The molecule has 1 aromatic heterocycles. The van der Waals surface area contributed by atoms with E-state index in [9.17, 15) is 18.3 Å². The molecule has 0 bridgehead atoms. The lowest BCUT2D eigenvalue weighted by Gasteiger charge is -2.57. The molecule has 2 aromatic carbocycles. The molecule has 40 heavy (non-hydrogen) atoms. The van der Waals surface area contributed by atoms with Gasteiger partial charge in [-0.3, -0.25) is 9.69 Å². The topological polar surface area (TPSA) is 92.1 Å². The molecule has 0 spiro atoms. The number of rotatable bonds is 8. The predicted octanol–water partition coefficient (Wildman–Crippen LogP) is 3.75. The SMILES string of the molecule is COC[C@@H]1[C@@H](c2ccc(-c3cccc(C)c3C)cc2)C2CN(S(=O)(=O)c3ccc(C(=O)CO)n3C)CCCCN21. The van der Waals surface area contributed by atoms with E-state index in [0.29, 0.717) is 19.7 Å². The highest BCUT2D eigenvalue weighted by Gasteiger charge is 2.50. The minimum atomic E-state index is -3.86. The third-order valence-corrected chi connectivity index (χ3v) is 10.8. The molecule has 2 fully saturated rings. The van der Waals surface area contributed by atoms with Gasteiger partial charge in [-0.25, -0.2) is 8.42 Å². The molecule has 0 aliphatic carbocycles. The molecule has 0 amide bonds. The number of ether oxygens (including phenoxy) is 1. The summed E-state index contributed by atoms with van der Waals surface area (Å²) in [5.74, 6) is -0.378. The van der Waals surface area contributed by atoms with Gasteiger partial charge in [0, 0.05) is 45.2 Å². The quantitative estimate of drug-likeness (QED) is 0.419. The molecular weight excluding hydrogens is 526 g/mol. The summed E-state index contributed by atoms with van der Waals surface area (Å²) in [6.07, 6.45) is 1.65. The van der Waals surface area contributed by atoms with Crippen LogP contribution < -0.4 is 0 Å². The van der Waals surface area contributed by atoms with Gasteiger partial charge in [0.2, 0.25) is 5.78 Å². The number of hydrogen-bond acceptors (Lipinski definition) is 6.